The summed E-state index contributed by atoms with van der Waals surface area (Å²) < 4.78 is 93.0. The van der Waals surface area contributed by atoms with Gasteiger partial charge in [-0.3, -0.25) is 0 Å². The van der Waals surface area contributed by atoms with Crippen molar-refractivity contribution in [3.63, 3.8) is 0 Å². The Kier molecular flexibility index (Phi) is 4.88. The van der Waals surface area contributed by atoms with E-state index < -0.39 is 76.7 Å². The van der Waals surface area contributed by atoms with Gasteiger partial charge in [0.1, 0.15) is 0 Å². The van der Waals surface area contributed by atoms with Crippen LogP contribution in [-0.4, -0.2) is 36.2 Å². The molecule has 2 aliphatic heterocycles. The van der Waals surface area contributed by atoms with Crippen molar-refractivity contribution < 1.29 is 55.0 Å². The zero-order chi connectivity index (χ0) is 24.3. The van der Waals surface area contributed by atoms with Crippen LogP contribution in [0.5, 0.6) is 0 Å². The van der Waals surface area contributed by atoms with Crippen LogP contribution < -0.4 is 0 Å². The number of esters is 4. The lowest BCUT2D eigenvalue weighted by molar-refractivity contribution is -0.340. The standard InChI is InChI=1S/C21H10F6O6/c22-20(23,24)19(21(25,26)27,7-9-1-3-11-13(5-9)17(30)32-15(11)28)8-10-2-4-12-14(6-10)18(31)33-16(12)29/h1-6H,7-8H2. The first-order chi connectivity index (χ1) is 15.2. The van der Waals surface area contributed by atoms with E-state index in [1.165, 1.54) is 0 Å². The van der Waals surface area contributed by atoms with Gasteiger partial charge in [-0.15, -0.1) is 0 Å². The van der Waals surface area contributed by atoms with E-state index in [1.807, 2.05) is 0 Å². The van der Waals surface area contributed by atoms with Gasteiger partial charge in [0.05, 0.1) is 22.3 Å². The van der Waals surface area contributed by atoms with E-state index in [2.05, 4.69) is 9.47 Å². The van der Waals surface area contributed by atoms with Crippen LogP contribution in [0.25, 0.3) is 0 Å². The summed E-state index contributed by atoms with van der Waals surface area (Å²) in [6.45, 7) is 0. The number of alkyl halides is 6. The van der Waals surface area contributed by atoms with Crippen LogP contribution in [0.1, 0.15) is 52.6 Å². The van der Waals surface area contributed by atoms with Crippen molar-refractivity contribution >= 4 is 23.9 Å². The van der Waals surface area contributed by atoms with Crippen molar-refractivity contribution in [3.05, 3.63) is 69.8 Å². The highest BCUT2D eigenvalue weighted by Gasteiger charge is 2.70. The summed E-state index contributed by atoms with van der Waals surface area (Å²) in [5.74, 6) is -4.47. The van der Waals surface area contributed by atoms with Gasteiger partial charge in [0, 0.05) is 0 Å². The lowest BCUT2D eigenvalue weighted by Gasteiger charge is -2.38. The summed E-state index contributed by atoms with van der Waals surface area (Å²) in [5.41, 5.74) is -6.74. The Labute approximate surface area is 180 Å². The van der Waals surface area contributed by atoms with Crippen molar-refractivity contribution in [2.75, 3.05) is 0 Å². The second kappa shape index (κ2) is 7.15. The number of benzene rings is 2. The van der Waals surface area contributed by atoms with Gasteiger partial charge >= 0.3 is 36.2 Å². The molecule has 0 saturated carbocycles. The highest BCUT2D eigenvalue weighted by molar-refractivity contribution is 6.15. The van der Waals surface area contributed by atoms with E-state index in [0.717, 1.165) is 36.4 Å². The maximum atomic E-state index is 14.1. The molecule has 0 saturated heterocycles. The second-order valence-electron chi connectivity index (χ2n) is 7.55. The SMILES string of the molecule is O=C1OC(=O)c2cc(CC(Cc3ccc4c(c3)C(=O)OC4=O)(C(F)(F)F)C(F)(F)F)ccc21. The minimum Gasteiger partial charge on any atom is -0.386 e. The molecule has 2 heterocycles. The Morgan fingerprint density at radius 3 is 1.21 bits per heavy atom. The maximum absolute atomic E-state index is 14.1. The van der Waals surface area contributed by atoms with Gasteiger partial charge < -0.3 is 9.47 Å². The molecule has 0 aliphatic carbocycles. The number of cyclic esters (lactones) is 4. The average Bonchev–Trinajstić information content (AvgIpc) is 3.14. The van der Waals surface area contributed by atoms with Crippen LogP contribution in [0.15, 0.2) is 36.4 Å². The Hall–Kier alpha value is -3.70. The molecule has 4 rings (SSSR count). The zero-order valence-corrected chi connectivity index (χ0v) is 16.1. The van der Waals surface area contributed by atoms with Crippen LogP contribution in [0, 0.1) is 5.41 Å². The van der Waals surface area contributed by atoms with Crippen molar-refractivity contribution in [1.82, 2.24) is 0 Å². The first-order valence-electron chi connectivity index (χ1n) is 9.16. The van der Waals surface area contributed by atoms with Gasteiger partial charge in [-0.05, 0) is 48.2 Å². The van der Waals surface area contributed by atoms with Gasteiger partial charge in [-0.1, -0.05) is 12.1 Å². The molecule has 2 aliphatic rings. The third kappa shape index (κ3) is 3.55. The van der Waals surface area contributed by atoms with Gasteiger partial charge in [0.25, 0.3) is 0 Å². The highest BCUT2D eigenvalue weighted by Crippen LogP contribution is 2.54. The summed E-state index contributed by atoms with van der Waals surface area (Å²) in [6.07, 6.45) is -14.9. The number of hydrogen-bond donors (Lipinski definition) is 0. The Morgan fingerprint density at radius 1 is 0.545 bits per heavy atom. The first kappa shape index (κ1) is 22.5. The van der Waals surface area contributed by atoms with E-state index in [4.69, 9.17) is 0 Å². The van der Waals surface area contributed by atoms with Gasteiger partial charge in [0.15, 0.2) is 5.41 Å². The van der Waals surface area contributed by atoms with E-state index in [0.29, 0.717) is 0 Å². The number of fused-ring (bicyclic) bond motifs is 2. The molecule has 0 N–H and O–H groups in total. The Balaban J connectivity index is 1.79. The number of halogens is 6. The summed E-state index contributed by atoms with van der Waals surface area (Å²) in [6, 6.07) is 5.12. The summed E-state index contributed by atoms with van der Waals surface area (Å²) >= 11 is 0. The van der Waals surface area contributed by atoms with Crippen molar-refractivity contribution in [3.8, 4) is 0 Å². The molecule has 172 valence electrons. The summed E-state index contributed by atoms with van der Waals surface area (Å²) in [7, 11) is 0. The fourth-order valence-corrected chi connectivity index (χ4v) is 3.81. The molecule has 2 aromatic rings. The normalized spacial score (nSPS) is 15.9. The number of ether oxygens (including phenoxy) is 2. The number of carbonyl (C=O) groups is 4. The molecule has 6 nitrogen and oxygen atoms in total. The van der Waals surface area contributed by atoms with Gasteiger partial charge in [-0.25, -0.2) is 19.2 Å². The molecular weight excluding hydrogens is 462 g/mol. The fourth-order valence-electron chi connectivity index (χ4n) is 3.81. The molecule has 33 heavy (non-hydrogen) atoms. The maximum Gasteiger partial charge on any atom is 0.403 e. The average molecular weight is 472 g/mol. The predicted molar refractivity (Wildman–Crippen MR) is 94.3 cm³/mol. The number of hydrogen-bond acceptors (Lipinski definition) is 6. The van der Waals surface area contributed by atoms with Crippen LogP contribution in [0.4, 0.5) is 26.3 Å². The monoisotopic (exact) mass is 472 g/mol. The first-order valence-corrected chi connectivity index (χ1v) is 9.16. The van der Waals surface area contributed by atoms with E-state index in [9.17, 15) is 45.5 Å². The Morgan fingerprint density at radius 2 is 0.879 bits per heavy atom. The van der Waals surface area contributed by atoms with Crippen LogP contribution in [0.2, 0.25) is 0 Å². The van der Waals surface area contributed by atoms with Crippen LogP contribution >= 0.6 is 0 Å². The minimum atomic E-state index is -5.81. The molecule has 0 amide bonds. The van der Waals surface area contributed by atoms with E-state index in [1.54, 1.807) is 0 Å². The molecule has 2 aromatic carbocycles. The number of rotatable bonds is 4. The molecule has 0 spiro atoms. The largest absolute Gasteiger partial charge is 0.403 e. The number of carbonyl (C=O) groups excluding carboxylic acids is 4. The van der Waals surface area contributed by atoms with Crippen molar-refractivity contribution in [1.29, 1.82) is 0 Å². The third-order valence-electron chi connectivity index (χ3n) is 5.52. The smallest absolute Gasteiger partial charge is 0.386 e. The molecule has 0 bridgehead atoms. The summed E-state index contributed by atoms with van der Waals surface area (Å²) in [5, 5.41) is 0. The third-order valence-corrected chi connectivity index (χ3v) is 5.52. The Bertz CT molecular complexity index is 1130. The molecule has 0 atom stereocenters. The van der Waals surface area contributed by atoms with Crippen LogP contribution in [-0.2, 0) is 22.3 Å². The van der Waals surface area contributed by atoms with E-state index in [-0.39, 0.29) is 11.1 Å². The molecule has 0 aromatic heterocycles. The van der Waals surface area contributed by atoms with Crippen molar-refractivity contribution in [2.45, 2.75) is 25.2 Å². The molecule has 0 radical (unpaired) electrons. The second-order valence-corrected chi connectivity index (χ2v) is 7.55. The summed E-state index contributed by atoms with van der Waals surface area (Å²) in [4.78, 5) is 46.4. The van der Waals surface area contributed by atoms with Gasteiger partial charge in [-0.2, -0.15) is 26.3 Å². The van der Waals surface area contributed by atoms with E-state index >= 15 is 0 Å². The zero-order valence-electron chi connectivity index (χ0n) is 16.1. The fraction of sp³-hybridized carbons (Fsp3) is 0.238. The van der Waals surface area contributed by atoms with Gasteiger partial charge in [0.2, 0.25) is 0 Å². The molecule has 0 fully saturated rings. The molecule has 12 heteroatoms. The predicted octanol–water partition coefficient (Wildman–Crippen LogP) is 4.20. The lowest BCUT2D eigenvalue weighted by atomic mass is 9.74. The topological polar surface area (TPSA) is 86.7 Å². The lowest BCUT2D eigenvalue weighted by Crippen LogP contribution is -2.53. The van der Waals surface area contributed by atoms with Crippen LogP contribution in [0.3, 0.4) is 0 Å². The highest BCUT2D eigenvalue weighted by atomic mass is 19.4. The van der Waals surface area contributed by atoms with Crippen molar-refractivity contribution in [2.24, 2.45) is 5.41 Å². The quantitative estimate of drug-likeness (QED) is 0.377. The molecular formula is C21H10F6O6. The molecule has 0 unspecified atom stereocenters. The minimum absolute atomic E-state index is 0.268.